The summed E-state index contributed by atoms with van der Waals surface area (Å²) in [5.41, 5.74) is 1.68. The lowest BCUT2D eigenvalue weighted by molar-refractivity contribution is 0.336. The van der Waals surface area contributed by atoms with Crippen LogP contribution < -0.4 is 9.46 Å². The Balaban J connectivity index is 1.85. The molecule has 1 N–H and O–H groups in total. The highest BCUT2D eigenvalue weighted by Gasteiger charge is 2.12. The van der Waals surface area contributed by atoms with E-state index < -0.39 is 10.0 Å². The summed E-state index contributed by atoms with van der Waals surface area (Å²) < 4.78 is 32.5. The number of sulfonamides is 1. The summed E-state index contributed by atoms with van der Waals surface area (Å²) in [6, 6.07) is 12.6. The van der Waals surface area contributed by atoms with Gasteiger partial charge in [-0.05, 0) is 49.1 Å². The second-order valence-electron chi connectivity index (χ2n) is 5.55. The molecule has 0 aliphatic heterocycles. The third-order valence-electron chi connectivity index (χ3n) is 3.56. The van der Waals surface area contributed by atoms with Crippen LogP contribution in [-0.2, 0) is 22.2 Å². The van der Waals surface area contributed by atoms with E-state index in [2.05, 4.69) is 4.72 Å². The van der Waals surface area contributed by atoms with Gasteiger partial charge in [-0.3, -0.25) is 0 Å². The Morgan fingerprint density at radius 3 is 2.56 bits per heavy atom. The Hall–Kier alpha value is -1.27. The van der Waals surface area contributed by atoms with Gasteiger partial charge in [0.1, 0.15) is 5.75 Å². The van der Waals surface area contributed by atoms with Crippen molar-refractivity contribution in [1.29, 1.82) is 0 Å². The average molecular weight is 402 g/mol. The summed E-state index contributed by atoms with van der Waals surface area (Å²) in [6.07, 6.45) is 1.43. The van der Waals surface area contributed by atoms with E-state index >= 15 is 0 Å². The Kier molecular flexibility index (Phi) is 7.56. The zero-order chi connectivity index (χ0) is 18.3. The van der Waals surface area contributed by atoms with Crippen LogP contribution in [0.2, 0.25) is 10.0 Å². The fourth-order valence-electron chi connectivity index (χ4n) is 2.41. The summed E-state index contributed by atoms with van der Waals surface area (Å²) >= 11 is 11.8. The van der Waals surface area contributed by atoms with Crippen LogP contribution in [0.5, 0.6) is 5.75 Å². The normalized spacial score (nSPS) is 11.5. The van der Waals surface area contributed by atoms with Crippen LogP contribution in [0.15, 0.2) is 42.5 Å². The van der Waals surface area contributed by atoms with E-state index in [9.17, 15) is 8.42 Å². The number of nitrogens with one attached hydrogen (secondary N) is 1. The molecular weight excluding hydrogens is 381 g/mol. The van der Waals surface area contributed by atoms with Crippen molar-refractivity contribution in [3.05, 3.63) is 63.6 Å². The molecule has 7 heteroatoms. The highest BCUT2D eigenvalue weighted by molar-refractivity contribution is 7.88. The van der Waals surface area contributed by atoms with E-state index in [1.165, 1.54) is 0 Å². The smallest absolute Gasteiger partial charge is 0.215 e. The Morgan fingerprint density at radius 1 is 1.08 bits per heavy atom. The molecule has 0 saturated heterocycles. The molecule has 0 aromatic heterocycles. The zero-order valence-electron chi connectivity index (χ0n) is 14.0. The van der Waals surface area contributed by atoms with Crippen molar-refractivity contribution in [2.45, 2.75) is 25.5 Å². The minimum Gasteiger partial charge on any atom is -0.494 e. The highest BCUT2D eigenvalue weighted by atomic mass is 35.5. The molecule has 0 heterocycles. The van der Waals surface area contributed by atoms with Gasteiger partial charge in [0.2, 0.25) is 10.0 Å². The summed E-state index contributed by atoms with van der Waals surface area (Å²) in [4.78, 5) is 0. The van der Waals surface area contributed by atoms with Gasteiger partial charge in [-0.15, -0.1) is 0 Å². The highest BCUT2D eigenvalue weighted by Crippen LogP contribution is 2.23. The van der Waals surface area contributed by atoms with Crippen LogP contribution in [0.1, 0.15) is 24.5 Å². The average Bonchev–Trinajstić information content (AvgIpc) is 2.56. The van der Waals surface area contributed by atoms with Gasteiger partial charge in [-0.2, -0.15) is 0 Å². The minimum absolute atomic E-state index is 0.126. The first-order valence-corrected chi connectivity index (χ1v) is 10.4. The predicted octanol–water partition coefficient (Wildman–Crippen LogP) is 4.44. The van der Waals surface area contributed by atoms with Gasteiger partial charge in [-0.1, -0.05) is 47.5 Å². The zero-order valence-corrected chi connectivity index (χ0v) is 16.3. The van der Waals surface area contributed by atoms with Gasteiger partial charge in [-0.25, -0.2) is 13.1 Å². The molecular formula is C18H21Cl2NO3S. The van der Waals surface area contributed by atoms with Crippen molar-refractivity contribution in [2.75, 3.05) is 13.2 Å². The maximum Gasteiger partial charge on any atom is 0.215 e. The van der Waals surface area contributed by atoms with Crippen LogP contribution in [0.25, 0.3) is 0 Å². The first kappa shape index (κ1) is 20.0. The van der Waals surface area contributed by atoms with Crippen LogP contribution in [0, 0.1) is 0 Å². The van der Waals surface area contributed by atoms with Crippen molar-refractivity contribution in [2.24, 2.45) is 0 Å². The molecule has 0 atom stereocenters. The fourth-order valence-corrected chi connectivity index (χ4v) is 3.91. The Labute approximate surface area is 159 Å². The standard InChI is InChI=1S/C18H21Cl2NO3S/c1-2-24-18-8-4-3-6-15(18)7-5-11-21-25(22,23)13-14-9-10-16(19)17(20)12-14/h3-4,6,8-10,12,21H,2,5,7,11,13H2,1H3. The van der Waals surface area contributed by atoms with E-state index in [0.717, 1.165) is 17.7 Å². The van der Waals surface area contributed by atoms with Crippen molar-refractivity contribution >= 4 is 33.2 Å². The molecule has 0 saturated carbocycles. The Bertz CT molecular complexity index is 810. The van der Waals surface area contributed by atoms with E-state index in [0.29, 0.717) is 35.2 Å². The second-order valence-corrected chi connectivity index (χ2v) is 8.17. The van der Waals surface area contributed by atoms with Crippen molar-refractivity contribution < 1.29 is 13.2 Å². The van der Waals surface area contributed by atoms with Gasteiger partial charge in [0.15, 0.2) is 0 Å². The van der Waals surface area contributed by atoms with Crippen LogP contribution in [0.3, 0.4) is 0 Å². The molecule has 0 amide bonds. The molecule has 0 fully saturated rings. The third kappa shape index (κ3) is 6.51. The van der Waals surface area contributed by atoms with Crippen molar-refractivity contribution in [1.82, 2.24) is 4.72 Å². The molecule has 2 aromatic rings. The van der Waals surface area contributed by atoms with Gasteiger partial charge in [0.25, 0.3) is 0 Å². The van der Waals surface area contributed by atoms with Gasteiger partial charge in [0, 0.05) is 6.54 Å². The number of halogens is 2. The number of hydrogen-bond donors (Lipinski definition) is 1. The quantitative estimate of drug-likeness (QED) is 0.631. The molecule has 0 spiro atoms. The summed E-state index contributed by atoms with van der Waals surface area (Å²) in [7, 11) is -3.42. The molecule has 2 aromatic carbocycles. The van der Waals surface area contributed by atoms with Gasteiger partial charge >= 0.3 is 0 Å². The lowest BCUT2D eigenvalue weighted by Crippen LogP contribution is -2.26. The van der Waals surface area contributed by atoms with Gasteiger partial charge < -0.3 is 4.74 Å². The monoisotopic (exact) mass is 401 g/mol. The predicted molar refractivity (Wildman–Crippen MR) is 103 cm³/mol. The SMILES string of the molecule is CCOc1ccccc1CCCNS(=O)(=O)Cc1ccc(Cl)c(Cl)c1. The summed E-state index contributed by atoms with van der Waals surface area (Å²) in [6.45, 7) is 2.91. The Morgan fingerprint density at radius 2 is 1.84 bits per heavy atom. The van der Waals surface area contributed by atoms with E-state index in [-0.39, 0.29) is 5.75 Å². The third-order valence-corrected chi connectivity index (χ3v) is 5.65. The largest absolute Gasteiger partial charge is 0.494 e. The number of para-hydroxylation sites is 1. The number of benzene rings is 2. The summed E-state index contributed by atoms with van der Waals surface area (Å²) in [5.74, 6) is 0.725. The number of rotatable bonds is 9. The molecule has 25 heavy (non-hydrogen) atoms. The number of ether oxygens (including phenoxy) is 1. The first-order chi connectivity index (χ1) is 11.9. The lowest BCUT2D eigenvalue weighted by Gasteiger charge is -2.10. The number of hydrogen-bond acceptors (Lipinski definition) is 3. The van der Waals surface area contributed by atoms with E-state index in [1.54, 1.807) is 18.2 Å². The van der Waals surface area contributed by atoms with Gasteiger partial charge in [0.05, 0.1) is 22.4 Å². The van der Waals surface area contributed by atoms with E-state index in [1.807, 2.05) is 31.2 Å². The van der Waals surface area contributed by atoms with Crippen LogP contribution >= 0.6 is 23.2 Å². The lowest BCUT2D eigenvalue weighted by atomic mass is 10.1. The molecule has 0 aliphatic carbocycles. The summed E-state index contributed by atoms with van der Waals surface area (Å²) in [5, 5.41) is 0.755. The van der Waals surface area contributed by atoms with Crippen molar-refractivity contribution in [3.8, 4) is 5.75 Å². The van der Waals surface area contributed by atoms with Crippen molar-refractivity contribution in [3.63, 3.8) is 0 Å². The molecule has 0 radical (unpaired) electrons. The minimum atomic E-state index is -3.42. The molecule has 0 unspecified atom stereocenters. The maximum absolute atomic E-state index is 12.2. The molecule has 0 bridgehead atoms. The maximum atomic E-state index is 12.2. The molecule has 4 nitrogen and oxygen atoms in total. The molecule has 0 aliphatic rings. The molecule has 2 rings (SSSR count). The van der Waals surface area contributed by atoms with E-state index in [4.69, 9.17) is 27.9 Å². The van der Waals surface area contributed by atoms with Crippen LogP contribution in [0.4, 0.5) is 0 Å². The number of aryl methyl sites for hydroxylation is 1. The second kappa shape index (κ2) is 9.43. The fraction of sp³-hybridized carbons (Fsp3) is 0.333. The van der Waals surface area contributed by atoms with Crippen LogP contribution in [-0.4, -0.2) is 21.6 Å². The first-order valence-electron chi connectivity index (χ1n) is 8.03. The molecule has 136 valence electrons. The topological polar surface area (TPSA) is 55.4 Å².